The van der Waals surface area contributed by atoms with E-state index in [4.69, 9.17) is 15.7 Å². The van der Waals surface area contributed by atoms with Crippen molar-refractivity contribution in [2.45, 2.75) is 26.7 Å². The molecular formula is C26H33N11O3. The zero-order valence-electron chi connectivity index (χ0n) is 22.8. The first-order valence-corrected chi connectivity index (χ1v) is 13.0. The number of carbonyl (C=O) groups is 2. The van der Waals surface area contributed by atoms with Crippen LogP contribution in [0.2, 0.25) is 0 Å². The van der Waals surface area contributed by atoms with Crippen LogP contribution < -0.4 is 20.9 Å². The fourth-order valence-corrected chi connectivity index (χ4v) is 4.08. The van der Waals surface area contributed by atoms with Crippen LogP contribution in [0, 0.1) is 17.2 Å². The van der Waals surface area contributed by atoms with Crippen molar-refractivity contribution in [2.75, 3.05) is 60.7 Å². The summed E-state index contributed by atoms with van der Waals surface area (Å²) in [6.07, 6.45) is 1.65. The number of nitrogens with one attached hydrogen (secondary N) is 1. The number of aromatic nitrogens is 5. The van der Waals surface area contributed by atoms with Gasteiger partial charge in [-0.05, 0) is 36.6 Å². The molecular weight excluding hydrogens is 514 g/mol. The number of anilines is 5. The van der Waals surface area contributed by atoms with E-state index in [1.807, 2.05) is 19.9 Å². The van der Waals surface area contributed by atoms with Crippen LogP contribution in [-0.2, 0) is 9.53 Å². The number of nitriles is 1. The minimum atomic E-state index is -0.420. The highest BCUT2D eigenvalue weighted by atomic mass is 16.6. The second-order valence-electron chi connectivity index (χ2n) is 9.70. The Balaban J connectivity index is 1.42. The van der Waals surface area contributed by atoms with Gasteiger partial charge in [0.2, 0.25) is 17.8 Å². The third-order valence-electron chi connectivity index (χ3n) is 6.22. The summed E-state index contributed by atoms with van der Waals surface area (Å²) < 4.78 is 6.69. The highest BCUT2D eigenvalue weighted by molar-refractivity contribution is 5.87. The molecule has 0 saturated carbocycles. The second kappa shape index (κ2) is 12.7. The van der Waals surface area contributed by atoms with Crippen molar-refractivity contribution in [1.29, 1.82) is 5.26 Å². The Morgan fingerprint density at radius 1 is 1.15 bits per heavy atom. The molecule has 0 bridgehead atoms. The summed E-state index contributed by atoms with van der Waals surface area (Å²) in [5.41, 5.74) is 7.53. The Bertz CT molecular complexity index is 1370. The van der Waals surface area contributed by atoms with Crippen LogP contribution in [0.5, 0.6) is 0 Å². The number of rotatable bonds is 8. The van der Waals surface area contributed by atoms with E-state index >= 15 is 0 Å². The van der Waals surface area contributed by atoms with Crippen LogP contribution in [0.25, 0.3) is 5.82 Å². The largest absolute Gasteiger partial charge is 0.449 e. The SMILES string of the molecule is CC(C)COC(=O)N(C)c1ccc(Nc2nc(N)n(-c3cc(N4CCCN(C(=O)CC#N)CC4)ncn3)n2)cc1. The van der Waals surface area contributed by atoms with Crippen molar-refractivity contribution in [3.05, 3.63) is 36.7 Å². The van der Waals surface area contributed by atoms with Crippen LogP contribution in [0.15, 0.2) is 36.7 Å². The van der Waals surface area contributed by atoms with Gasteiger partial charge in [-0.15, -0.1) is 5.10 Å². The van der Waals surface area contributed by atoms with Gasteiger partial charge in [-0.2, -0.15) is 14.9 Å². The summed E-state index contributed by atoms with van der Waals surface area (Å²) in [4.78, 5) is 42.6. The predicted octanol–water partition coefficient (Wildman–Crippen LogP) is 2.56. The quantitative estimate of drug-likeness (QED) is 0.424. The highest BCUT2D eigenvalue weighted by Crippen LogP contribution is 2.22. The minimum Gasteiger partial charge on any atom is -0.449 e. The summed E-state index contributed by atoms with van der Waals surface area (Å²) in [5.74, 6) is 1.63. The molecule has 4 rings (SSSR count). The fraction of sp³-hybridized carbons (Fsp3) is 0.423. The van der Waals surface area contributed by atoms with Gasteiger partial charge in [0.05, 0.1) is 12.7 Å². The Morgan fingerprint density at radius 2 is 1.90 bits per heavy atom. The number of nitrogen functional groups attached to an aromatic ring is 1. The average Bonchev–Trinajstić information content (AvgIpc) is 3.14. The molecule has 14 heteroatoms. The van der Waals surface area contributed by atoms with E-state index in [0.29, 0.717) is 55.8 Å². The van der Waals surface area contributed by atoms with E-state index in [0.717, 1.165) is 6.42 Å². The molecule has 1 fully saturated rings. The first kappa shape index (κ1) is 28.1. The lowest BCUT2D eigenvalue weighted by atomic mass is 10.2. The first-order valence-electron chi connectivity index (χ1n) is 13.0. The number of hydrogen-bond acceptors (Lipinski definition) is 11. The third kappa shape index (κ3) is 6.93. The van der Waals surface area contributed by atoms with Crippen molar-refractivity contribution in [3.8, 4) is 11.9 Å². The lowest BCUT2D eigenvalue weighted by molar-refractivity contribution is -0.129. The van der Waals surface area contributed by atoms with E-state index in [2.05, 4.69) is 30.3 Å². The molecule has 3 N–H and O–H groups in total. The zero-order valence-corrected chi connectivity index (χ0v) is 22.8. The molecule has 1 saturated heterocycles. The van der Waals surface area contributed by atoms with Gasteiger partial charge in [0.15, 0.2) is 5.82 Å². The Kier molecular flexibility index (Phi) is 8.95. The maximum Gasteiger partial charge on any atom is 0.414 e. The molecule has 1 aromatic carbocycles. The number of nitrogens with zero attached hydrogens (tertiary/aromatic N) is 9. The van der Waals surface area contributed by atoms with Crippen molar-refractivity contribution in [2.24, 2.45) is 5.92 Å². The molecule has 0 atom stereocenters. The topological polar surface area (TPSA) is 171 Å². The Morgan fingerprint density at radius 3 is 2.62 bits per heavy atom. The van der Waals surface area contributed by atoms with E-state index < -0.39 is 6.09 Å². The van der Waals surface area contributed by atoms with Gasteiger partial charge in [0, 0.05) is 50.7 Å². The van der Waals surface area contributed by atoms with Crippen LogP contribution in [-0.4, -0.2) is 81.5 Å². The van der Waals surface area contributed by atoms with Crippen LogP contribution in [0.1, 0.15) is 26.7 Å². The molecule has 40 heavy (non-hydrogen) atoms. The summed E-state index contributed by atoms with van der Waals surface area (Å²) in [6.45, 7) is 6.70. The van der Waals surface area contributed by atoms with E-state index in [9.17, 15) is 9.59 Å². The normalized spacial score (nSPS) is 13.5. The molecule has 1 aliphatic rings. The molecule has 1 aliphatic heterocycles. The van der Waals surface area contributed by atoms with Crippen molar-refractivity contribution in [1.82, 2.24) is 29.6 Å². The molecule has 2 amide bonds. The molecule has 0 radical (unpaired) electrons. The van der Waals surface area contributed by atoms with Crippen LogP contribution >= 0.6 is 0 Å². The molecule has 0 unspecified atom stereocenters. The first-order chi connectivity index (χ1) is 19.2. The molecule has 210 valence electrons. The van der Waals surface area contributed by atoms with Crippen LogP contribution in [0.3, 0.4) is 0 Å². The van der Waals surface area contributed by atoms with Crippen molar-refractivity contribution < 1.29 is 14.3 Å². The molecule has 3 aromatic rings. The van der Waals surface area contributed by atoms with Gasteiger partial charge < -0.3 is 25.6 Å². The predicted molar refractivity (Wildman–Crippen MR) is 149 cm³/mol. The van der Waals surface area contributed by atoms with E-state index in [-0.39, 0.29) is 30.1 Å². The lowest BCUT2D eigenvalue weighted by Crippen LogP contribution is -2.35. The van der Waals surface area contributed by atoms with Gasteiger partial charge in [-0.1, -0.05) is 13.8 Å². The summed E-state index contributed by atoms with van der Waals surface area (Å²) >= 11 is 0. The molecule has 0 spiro atoms. The molecule has 14 nitrogen and oxygen atoms in total. The summed E-state index contributed by atoms with van der Waals surface area (Å²) in [6, 6.07) is 10.8. The summed E-state index contributed by atoms with van der Waals surface area (Å²) in [7, 11) is 1.65. The fourth-order valence-electron chi connectivity index (χ4n) is 4.08. The van der Waals surface area contributed by atoms with Gasteiger partial charge in [0.25, 0.3) is 0 Å². The zero-order chi connectivity index (χ0) is 28.6. The minimum absolute atomic E-state index is 0.117. The van der Waals surface area contributed by atoms with Crippen LogP contribution in [0.4, 0.5) is 33.9 Å². The number of hydrogen-bond donors (Lipinski definition) is 2. The van der Waals surface area contributed by atoms with E-state index in [1.54, 1.807) is 42.3 Å². The van der Waals surface area contributed by atoms with Gasteiger partial charge in [-0.25, -0.2) is 14.8 Å². The van der Waals surface area contributed by atoms with Gasteiger partial charge in [0.1, 0.15) is 18.6 Å². The molecule has 2 aromatic heterocycles. The highest BCUT2D eigenvalue weighted by Gasteiger charge is 2.21. The third-order valence-corrected chi connectivity index (χ3v) is 6.22. The number of benzene rings is 1. The number of ether oxygens (including phenoxy) is 1. The van der Waals surface area contributed by atoms with E-state index in [1.165, 1.54) is 15.9 Å². The van der Waals surface area contributed by atoms with Crippen molar-refractivity contribution in [3.63, 3.8) is 0 Å². The lowest BCUT2D eigenvalue weighted by Gasteiger charge is -2.22. The second-order valence-corrected chi connectivity index (χ2v) is 9.70. The molecule has 0 aliphatic carbocycles. The number of amides is 2. The Hall–Kier alpha value is -4.93. The number of nitrogens with two attached hydrogens (primary N) is 1. The maximum absolute atomic E-state index is 12.2. The average molecular weight is 548 g/mol. The van der Waals surface area contributed by atoms with Crippen molar-refractivity contribution >= 4 is 41.1 Å². The monoisotopic (exact) mass is 547 g/mol. The standard InChI is InChI=1S/C26H33N11O3/c1-18(2)16-40-26(39)34(3)20-7-5-19(6-8-20)31-25-32-24(28)37(33-25)22-15-21(29-17-30-22)35-11-4-12-36(14-13-35)23(38)9-10-27/h5-8,15,17-18H,4,9,11-14,16H2,1-3H3,(H3,28,31,32,33). The number of carbonyl (C=O) groups excluding carboxylic acids is 2. The Labute approximate surface area is 232 Å². The summed E-state index contributed by atoms with van der Waals surface area (Å²) in [5, 5.41) is 16.4. The van der Waals surface area contributed by atoms with Gasteiger partial charge in [-0.3, -0.25) is 9.69 Å². The maximum atomic E-state index is 12.2. The smallest absolute Gasteiger partial charge is 0.414 e. The molecule has 3 heterocycles. The van der Waals surface area contributed by atoms with Gasteiger partial charge >= 0.3 is 6.09 Å².